The molecule has 2 saturated heterocycles. The lowest BCUT2D eigenvalue weighted by Crippen LogP contribution is -2.39. The lowest BCUT2D eigenvalue weighted by atomic mass is 9.94. The summed E-state index contributed by atoms with van der Waals surface area (Å²) < 4.78 is 52.2. The highest BCUT2D eigenvalue weighted by Gasteiger charge is 2.59. The fraction of sp³-hybridized carbons (Fsp3) is 0.556. The van der Waals surface area contributed by atoms with Crippen molar-refractivity contribution in [3.05, 3.63) is 41.8 Å². The summed E-state index contributed by atoms with van der Waals surface area (Å²) in [6.45, 7) is 5.38. The third kappa shape index (κ3) is 5.02. The van der Waals surface area contributed by atoms with Crippen molar-refractivity contribution in [3.63, 3.8) is 0 Å². The Labute approximate surface area is 229 Å². The number of nitrogens with two attached hydrogens (primary N) is 1. The van der Waals surface area contributed by atoms with Crippen molar-refractivity contribution in [1.29, 1.82) is 0 Å². The van der Waals surface area contributed by atoms with Gasteiger partial charge in [0, 0.05) is 62.7 Å². The fourth-order valence-corrected chi connectivity index (χ4v) is 5.77. The zero-order chi connectivity index (χ0) is 28.4. The molecule has 1 aliphatic carbocycles. The SMILES string of the molecule is Cn1nc(-c2ccon2)cc1C(=O)N1CC2C(C1)C2Oc1cc(C(C)(C)N)cc(N2CCC(C(F)(F)F)CC2)n1. The first-order valence-electron chi connectivity index (χ1n) is 13.4. The number of hydrogen-bond acceptors (Lipinski definition) is 8. The van der Waals surface area contributed by atoms with E-state index in [0.29, 0.717) is 41.9 Å². The number of piperidine rings is 2. The van der Waals surface area contributed by atoms with Crippen molar-refractivity contribution in [1.82, 2.24) is 24.8 Å². The van der Waals surface area contributed by atoms with Crippen LogP contribution in [0, 0.1) is 17.8 Å². The molecule has 6 rings (SSSR count). The van der Waals surface area contributed by atoms with E-state index in [1.54, 1.807) is 23.9 Å². The monoisotopic (exact) mass is 559 g/mol. The van der Waals surface area contributed by atoms with Gasteiger partial charge in [0.25, 0.3) is 5.91 Å². The van der Waals surface area contributed by atoms with Crippen molar-refractivity contribution >= 4 is 11.7 Å². The molecule has 0 aromatic carbocycles. The summed E-state index contributed by atoms with van der Waals surface area (Å²) >= 11 is 0. The number of rotatable bonds is 6. The van der Waals surface area contributed by atoms with Crippen LogP contribution >= 0.6 is 0 Å². The number of hydrogen-bond donors (Lipinski definition) is 1. The van der Waals surface area contributed by atoms with Gasteiger partial charge in [0.1, 0.15) is 35.3 Å². The second-order valence-corrected chi connectivity index (χ2v) is 11.6. The molecule has 0 bridgehead atoms. The Kier molecular flexibility index (Phi) is 6.32. The van der Waals surface area contributed by atoms with E-state index in [2.05, 4.69) is 15.2 Å². The quantitative estimate of drug-likeness (QED) is 0.487. The molecule has 3 fully saturated rings. The molecule has 3 aromatic rings. The number of aromatic nitrogens is 4. The van der Waals surface area contributed by atoms with Crippen LogP contribution in [-0.2, 0) is 12.6 Å². The highest BCUT2D eigenvalue weighted by molar-refractivity contribution is 5.94. The number of halogens is 3. The molecule has 40 heavy (non-hydrogen) atoms. The number of aryl methyl sites for hydroxylation is 1. The zero-order valence-corrected chi connectivity index (χ0v) is 22.6. The van der Waals surface area contributed by atoms with Gasteiger partial charge in [-0.05, 0) is 44.4 Å². The van der Waals surface area contributed by atoms with Crippen LogP contribution in [-0.4, -0.2) is 69.2 Å². The summed E-state index contributed by atoms with van der Waals surface area (Å²) in [5.41, 5.74) is 8.09. The van der Waals surface area contributed by atoms with Gasteiger partial charge in [0.2, 0.25) is 5.88 Å². The number of anilines is 1. The van der Waals surface area contributed by atoms with E-state index in [-0.39, 0.29) is 49.8 Å². The third-order valence-electron chi connectivity index (χ3n) is 8.27. The molecule has 13 heteroatoms. The molecule has 0 spiro atoms. The highest BCUT2D eigenvalue weighted by atomic mass is 19.4. The summed E-state index contributed by atoms with van der Waals surface area (Å²) in [5, 5.41) is 8.26. The largest absolute Gasteiger partial charge is 0.474 e. The standard InChI is InChI=1S/C27H32F3N7O3/c1-26(2,31)16-10-22(36-7-4-15(5-8-36)27(28,29)30)32-23(11-16)40-24-17-13-37(14-18(17)24)25(38)21-12-20(33-35(21)3)19-6-9-39-34-19/h6,9-12,15,17-18,24H,4-5,7-8,13-14,31H2,1-3H3. The summed E-state index contributed by atoms with van der Waals surface area (Å²) in [7, 11) is 1.72. The molecule has 0 radical (unpaired) electrons. The van der Waals surface area contributed by atoms with Crippen LogP contribution in [0.15, 0.2) is 35.1 Å². The van der Waals surface area contributed by atoms with Crippen LogP contribution in [0.1, 0.15) is 42.7 Å². The molecule has 1 saturated carbocycles. The van der Waals surface area contributed by atoms with Crippen molar-refractivity contribution in [2.75, 3.05) is 31.1 Å². The fourth-order valence-electron chi connectivity index (χ4n) is 5.77. The van der Waals surface area contributed by atoms with Gasteiger partial charge in [-0.15, -0.1) is 0 Å². The average Bonchev–Trinajstić information content (AvgIpc) is 3.41. The summed E-state index contributed by atoms with van der Waals surface area (Å²) in [6.07, 6.45) is -2.74. The van der Waals surface area contributed by atoms with Gasteiger partial charge >= 0.3 is 6.18 Å². The van der Waals surface area contributed by atoms with Crippen LogP contribution in [0.5, 0.6) is 5.88 Å². The topological polar surface area (TPSA) is 116 Å². The van der Waals surface area contributed by atoms with Gasteiger partial charge < -0.3 is 24.8 Å². The Bertz CT molecular complexity index is 1380. The van der Waals surface area contributed by atoms with Gasteiger partial charge in [0.15, 0.2) is 0 Å². The maximum atomic E-state index is 13.2. The van der Waals surface area contributed by atoms with E-state index < -0.39 is 17.6 Å². The smallest absolute Gasteiger partial charge is 0.391 e. The third-order valence-corrected chi connectivity index (χ3v) is 8.27. The van der Waals surface area contributed by atoms with Gasteiger partial charge in [-0.2, -0.15) is 23.3 Å². The molecular weight excluding hydrogens is 527 g/mol. The molecule has 2 unspecified atom stereocenters. The van der Waals surface area contributed by atoms with Crippen molar-refractivity contribution in [2.24, 2.45) is 30.5 Å². The summed E-state index contributed by atoms with van der Waals surface area (Å²) in [4.78, 5) is 21.6. The van der Waals surface area contributed by atoms with E-state index in [1.807, 2.05) is 35.8 Å². The van der Waals surface area contributed by atoms with E-state index in [4.69, 9.17) is 15.0 Å². The molecule has 214 valence electrons. The van der Waals surface area contributed by atoms with E-state index >= 15 is 0 Å². The average molecular weight is 560 g/mol. The van der Waals surface area contributed by atoms with Gasteiger partial charge in [-0.25, -0.2) is 0 Å². The molecule has 1 amide bonds. The normalized spacial score (nSPS) is 23.4. The highest BCUT2D eigenvalue weighted by Crippen LogP contribution is 2.48. The van der Waals surface area contributed by atoms with Crippen molar-refractivity contribution in [3.8, 4) is 17.3 Å². The Balaban J connectivity index is 1.12. The maximum Gasteiger partial charge on any atom is 0.391 e. The molecule has 2 atom stereocenters. The number of ether oxygens (including phenoxy) is 1. The second kappa shape index (κ2) is 9.50. The van der Waals surface area contributed by atoms with Crippen LogP contribution in [0.2, 0.25) is 0 Å². The molecule has 10 nitrogen and oxygen atoms in total. The number of alkyl halides is 3. The minimum Gasteiger partial charge on any atom is -0.474 e. The van der Waals surface area contributed by atoms with Crippen LogP contribution in [0.3, 0.4) is 0 Å². The Morgan fingerprint density at radius 2 is 1.80 bits per heavy atom. The van der Waals surface area contributed by atoms with Crippen LogP contribution < -0.4 is 15.4 Å². The number of nitrogens with zero attached hydrogens (tertiary/aromatic N) is 6. The van der Waals surface area contributed by atoms with Crippen molar-refractivity contribution in [2.45, 2.75) is 44.5 Å². The number of carbonyl (C=O) groups excluding carboxylic acids is 1. The molecule has 3 aliphatic rings. The van der Waals surface area contributed by atoms with E-state index in [0.717, 1.165) is 5.56 Å². The predicted octanol–water partition coefficient (Wildman–Crippen LogP) is 3.59. The van der Waals surface area contributed by atoms with Crippen molar-refractivity contribution < 1.29 is 27.2 Å². The Morgan fingerprint density at radius 1 is 1.10 bits per heavy atom. The van der Waals surface area contributed by atoms with E-state index in [9.17, 15) is 18.0 Å². The number of likely N-dealkylation sites (tertiary alicyclic amines) is 1. The maximum absolute atomic E-state index is 13.2. The minimum atomic E-state index is -4.18. The van der Waals surface area contributed by atoms with Gasteiger partial charge in [-0.1, -0.05) is 5.16 Å². The second-order valence-electron chi connectivity index (χ2n) is 11.6. The number of pyridine rings is 1. The molecular formula is C27H32F3N7O3. The first-order chi connectivity index (χ1) is 18.9. The van der Waals surface area contributed by atoms with Crippen LogP contribution in [0.4, 0.5) is 19.0 Å². The molecule has 3 aromatic heterocycles. The van der Waals surface area contributed by atoms with Crippen LogP contribution in [0.25, 0.3) is 11.4 Å². The Morgan fingerprint density at radius 3 is 2.40 bits per heavy atom. The summed E-state index contributed by atoms with van der Waals surface area (Å²) in [6, 6.07) is 7.05. The lowest BCUT2D eigenvalue weighted by Gasteiger charge is -2.34. The molecule has 2 aliphatic heterocycles. The number of fused-ring (bicyclic) bond motifs is 1. The first-order valence-corrected chi connectivity index (χ1v) is 13.4. The lowest BCUT2D eigenvalue weighted by molar-refractivity contribution is -0.179. The van der Waals surface area contributed by atoms with E-state index in [1.165, 1.54) is 6.26 Å². The zero-order valence-electron chi connectivity index (χ0n) is 22.6. The molecule has 2 N–H and O–H groups in total. The minimum absolute atomic E-state index is 0.0327. The predicted molar refractivity (Wildman–Crippen MR) is 138 cm³/mol. The van der Waals surface area contributed by atoms with Gasteiger partial charge in [0.05, 0.1) is 5.92 Å². The number of amides is 1. The Hall–Kier alpha value is -3.61. The summed E-state index contributed by atoms with van der Waals surface area (Å²) in [5.74, 6) is -0.0573. The molecule has 5 heterocycles. The number of carbonyl (C=O) groups is 1. The van der Waals surface area contributed by atoms with Gasteiger partial charge in [-0.3, -0.25) is 9.48 Å². The first kappa shape index (κ1) is 26.6.